The fourth-order valence-electron chi connectivity index (χ4n) is 9.52. The molecule has 66 heavy (non-hydrogen) atoms. The van der Waals surface area contributed by atoms with Crippen molar-refractivity contribution in [3.63, 3.8) is 0 Å². The van der Waals surface area contributed by atoms with Crippen LogP contribution in [-0.2, 0) is 0 Å². The van der Waals surface area contributed by atoms with Gasteiger partial charge in [-0.2, -0.15) is 9.97 Å². The Labute approximate surface area is 388 Å². The molecule has 10 rings (SSSR count). The van der Waals surface area contributed by atoms with Gasteiger partial charge >= 0.3 is 0 Å². The van der Waals surface area contributed by atoms with Crippen molar-refractivity contribution in [2.45, 2.75) is 41.5 Å². The molecule has 320 valence electrons. The lowest BCUT2D eigenvalue weighted by atomic mass is 9.97. The van der Waals surface area contributed by atoms with Gasteiger partial charge < -0.3 is 4.90 Å². The van der Waals surface area contributed by atoms with Gasteiger partial charge in [0.1, 0.15) is 0 Å². The number of aryl methyl sites for hydroxylation is 6. The predicted octanol–water partition coefficient (Wildman–Crippen LogP) is 16.5. The molecule has 0 amide bonds. The Morgan fingerprint density at radius 3 is 1.21 bits per heavy atom. The fourth-order valence-corrected chi connectivity index (χ4v) is 9.52. The fraction of sp³-hybridized carbons (Fsp3) is 0.0984. The third-order valence-electron chi connectivity index (χ3n) is 12.3. The molecule has 0 bridgehead atoms. The Morgan fingerprint density at radius 2 is 0.712 bits per heavy atom. The van der Waals surface area contributed by atoms with Crippen LogP contribution in [0.15, 0.2) is 200 Å². The Kier molecular flexibility index (Phi) is 11.3. The summed E-state index contributed by atoms with van der Waals surface area (Å²) in [6, 6.07) is 71.0. The van der Waals surface area contributed by atoms with Crippen LogP contribution in [0, 0.1) is 41.5 Å². The molecule has 0 aliphatic carbocycles. The van der Waals surface area contributed by atoms with Crippen LogP contribution in [0.2, 0.25) is 0 Å². The van der Waals surface area contributed by atoms with Crippen LogP contribution >= 0.6 is 0 Å². The van der Waals surface area contributed by atoms with Crippen LogP contribution < -0.4 is 9.80 Å². The monoisotopic (exact) mass is 853 g/mol. The van der Waals surface area contributed by atoms with Crippen molar-refractivity contribution < 1.29 is 0 Å². The molecule has 5 heteroatoms. The Hall–Kier alpha value is -8.15. The molecule has 9 aromatic carbocycles. The molecule has 0 unspecified atom stereocenters. The van der Waals surface area contributed by atoms with E-state index >= 15 is 0 Å². The number of aromatic nitrogens is 3. The molecule has 0 spiro atoms. The van der Waals surface area contributed by atoms with Gasteiger partial charge in [-0.3, -0.25) is 4.90 Å². The lowest BCUT2D eigenvalue weighted by molar-refractivity contribution is 1.02. The van der Waals surface area contributed by atoms with E-state index < -0.39 is 0 Å². The Bertz CT molecular complexity index is 3200. The van der Waals surface area contributed by atoms with Crippen LogP contribution in [0.1, 0.15) is 33.4 Å². The zero-order chi connectivity index (χ0) is 45.3. The molecule has 0 N–H and O–H groups in total. The maximum atomic E-state index is 5.40. The van der Waals surface area contributed by atoms with Gasteiger partial charge in [-0.15, -0.1) is 0 Å². The highest BCUT2D eigenvalue weighted by atomic mass is 15.3. The predicted molar refractivity (Wildman–Crippen MR) is 277 cm³/mol. The highest BCUT2D eigenvalue weighted by molar-refractivity contribution is 5.89. The number of benzene rings is 9. The van der Waals surface area contributed by atoms with Gasteiger partial charge in [0, 0.05) is 22.5 Å². The van der Waals surface area contributed by atoms with Crippen LogP contribution in [0.4, 0.5) is 34.4 Å². The normalized spacial score (nSPS) is 11.2. The van der Waals surface area contributed by atoms with Crippen LogP contribution in [-0.4, -0.2) is 15.0 Å². The first-order valence-corrected chi connectivity index (χ1v) is 22.6. The summed E-state index contributed by atoms with van der Waals surface area (Å²) in [5.74, 6) is 1.70. The summed E-state index contributed by atoms with van der Waals surface area (Å²) in [7, 11) is 0. The van der Waals surface area contributed by atoms with E-state index in [2.05, 4.69) is 233 Å². The van der Waals surface area contributed by atoms with Crippen molar-refractivity contribution in [3.8, 4) is 45.0 Å². The zero-order valence-electron chi connectivity index (χ0n) is 38.3. The number of fused-ring (bicyclic) bond motifs is 1. The lowest BCUT2D eigenvalue weighted by Crippen LogP contribution is -2.17. The first kappa shape index (κ1) is 41.8. The van der Waals surface area contributed by atoms with E-state index in [1.54, 1.807) is 0 Å². The van der Waals surface area contributed by atoms with Gasteiger partial charge in [-0.1, -0.05) is 163 Å². The number of rotatable bonds is 10. The summed E-state index contributed by atoms with van der Waals surface area (Å²) in [5, 5.41) is 2.28. The van der Waals surface area contributed by atoms with Crippen molar-refractivity contribution in [1.82, 2.24) is 15.0 Å². The third kappa shape index (κ3) is 8.35. The summed E-state index contributed by atoms with van der Waals surface area (Å²) in [6.07, 6.45) is 0. The SMILES string of the molecule is Cc1cc(C)c(N(c2ccc(N(c3cc(-c4ccccc4)cc(-c4ccccc4)c3)c3nc(-c4ccccc4)nc(-c4ccc5ccccc5c4)n3)cc2)c2c(C)cc(C)cc2C)c(C)c1. The van der Waals surface area contributed by atoms with Gasteiger partial charge in [-0.25, -0.2) is 4.98 Å². The van der Waals surface area contributed by atoms with Gasteiger partial charge in [-0.05, 0) is 145 Å². The molecule has 0 radical (unpaired) electrons. The summed E-state index contributed by atoms with van der Waals surface area (Å²) >= 11 is 0. The van der Waals surface area contributed by atoms with Crippen LogP contribution in [0.25, 0.3) is 55.8 Å². The van der Waals surface area contributed by atoms with E-state index in [0.29, 0.717) is 17.6 Å². The second-order valence-electron chi connectivity index (χ2n) is 17.4. The highest BCUT2D eigenvalue weighted by Gasteiger charge is 2.25. The van der Waals surface area contributed by atoms with Gasteiger partial charge in [0.25, 0.3) is 0 Å². The largest absolute Gasteiger partial charge is 0.309 e. The molecular weight excluding hydrogens is 803 g/mol. The quantitative estimate of drug-likeness (QED) is 0.137. The number of anilines is 6. The molecule has 0 saturated heterocycles. The van der Waals surface area contributed by atoms with E-state index in [4.69, 9.17) is 15.0 Å². The average molecular weight is 854 g/mol. The van der Waals surface area contributed by atoms with E-state index in [9.17, 15) is 0 Å². The highest BCUT2D eigenvalue weighted by Crippen LogP contribution is 2.45. The summed E-state index contributed by atoms with van der Waals surface area (Å²) in [5.41, 5.74) is 18.9. The molecule has 0 aliphatic rings. The second kappa shape index (κ2) is 17.8. The van der Waals surface area contributed by atoms with Crippen molar-refractivity contribution in [2.75, 3.05) is 9.80 Å². The van der Waals surface area contributed by atoms with Gasteiger partial charge in [0.05, 0.1) is 17.1 Å². The molecular formula is C61H51N5. The molecule has 5 nitrogen and oxygen atoms in total. The smallest absolute Gasteiger partial charge is 0.238 e. The number of nitrogens with zero attached hydrogens (tertiary/aromatic N) is 5. The first-order chi connectivity index (χ1) is 32.2. The zero-order valence-corrected chi connectivity index (χ0v) is 38.3. The van der Waals surface area contributed by atoms with Gasteiger partial charge in [0.15, 0.2) is 11.6 Å². The van der Waals surface area contributed by atoms with E-state index in [1.165, 1.54) is 44.8 Å². The number of hydrogen-bond donors (Lipinski definition) is 0. The third-order valence-corrected chi connectivity index (χ3v) is 12.3. The van der Waals surface area contributed by atoms with Crippen LogP contribution in [0.5, 0.6) is 0 Å². The minimum Gasteiger partial charge on any atom is -0.309 e. The Morgan fingerprint density at radius 1 is 0.288 bits per heavy atom. The second-order valence-corrected chi connectivity index (χ2v) is 17.4. The number of hydrogen-bond acceptors (Lipinski definition) is 5. The van der Waals surface area contributed by atoms with Crippen molar-refractivity contribution >= 4 is 45.2 Å². The minimum atomic E-state index is 0.510. The summed E-state index contributed by atoms with van der Waals surface area (Å²) in [6.45, 7) is 13.2. The maximum absolute atomic E-state index is 5.40. The Balaban J connectivity index is 1.22. The van der Waals surface area contributed by atoms with Crippen molar-refractivity contribution in [1.29, 1.82) is 0 Å². The first-order valence-electron chi connectivity index (χ1n) is 22.6. The maximum Gasteiger partial charge on any atom is 0.238 e. The van der Waals surface area contributed by atoms with E-state index in [1.807, 2.05) is 18.2 Å². The van der Waals surface area contributed by atoms with Gasteiger partial charge in [0.2, 0.25) is 5.95 Å². The standard InChI is InChI=1S/C61H51N5/c1-40-32-42(3)57(43(4)33-40)66(58-44(5)34-41(2)35-45(58)6)55-30-28-54(29-31-55)65(56-38-52(46-18-10-7-11-19-46)37-53(39-56)47-20-12-8-13-21-47)61-63-59(49-23-14-9-15-24-49)62-60(64-61)51-27-26-48-22-16-17-25-50(48)36-51/h7-39H,1-6H3. The van der Waals surface area contributed by atoms with E-state index in [0.717, 1.165) is 61.2 Å². The molecule has 0 fully saturated rings. The molecule has 10 aromatic rings. The lowest BCUT2D eigenvalue weighted by Gasteiger charge is -2.32. The summed E-state index contributed by atoms with van der Waals surface area (Å²) in [4.78, 5) is 20.6. The molecule has 1 aromatic heterocycles. The average Bonchev–Trinajstić information content (AvgIpc) is 3.34. The summed E-state index contributed by atoms with van der Waals surface area (Å²) < 4.78 is 0. The van der Waals surface area contributed by atoms with E-state index in [-0.39, 0.29) is 0 Å². The minimum absolute atomic E-state index is 0.510. The topological polar surface area (TPSA) is 45.2 Å². The molecule has 0 atom stereocenters. The molecule has 1 heterocycles. The molecule has 0 aliphatic heterocycles. The van der Waals surface area contributed by atoms with Crippen molar-refractivity contribution in [2.24, 2.45) is 0 Å². The van der Waals surface area contributed by atoms with Crippen molar-refractivity contribution in [3.05, 3.63) is 234 Å². The van der Waals surface area contributed by atoms with Crippen LogP contribution in [0.3, 0.4) is 0 Å². The molecule has 0 saturated carbocycles.